The molecule has 1 aliphatic heterocycles. The van der Waals surface area contributed by atoms with Gasteiger partial charge in [-0.15, -0.1) is 10.2 Å². The highest BCUT2D eigenvalue weighted by molar-refractivity contribution is 7.00. The van der Waals surface area contributed by atoms with Crippen LogP contribution >= 0.6 is 23.3 Å². The first-order valence-corrected chi connectivity index (χ1v) is 11.1. The quantitative estimate of drug-likeness (QED) is 0.487. The van der Waals surface area contributed by atoms with E-state index in [9.17, 15) is 4.79 Å². The van der Waals surface area contributed by atoms with E-state index in [1.807, 2.05) is 54.6 Å². The largest absolute Gasteiger partial charge is 0.354 e. The van der Waals surface area contributed by atoms with E-state index in [2.05, 4.69) is 29.2 Å². The average molecular weight is 451 g/mol. The molecule has 1 aliphatic rings. The van der Waals surface area contributed by atoms with Crippen molar-refractivity contribution in [1.29, 1.82) is 0 Å². The van der Waals surface area contributed by atoms with Gasteiger partial charge in [-0.25, -0.2) is 0 Å². The number of benzene rings is 2. The lowest BCUT2D eigenvalue weighted by atomic mass is 9.97. The molecule has 0 radical (unpaired) electrons. The Kier molecular flexibility index (Phi) is 5.48. The molecule has 5 rings (SSSR count). The number of nitrogens with zero attached hydrogens (tertiary/aromatic N) is 5. The Labute approximate surface area is 188 Å². The van der Waals surface area contributed by atoms with Crippen LogP contribution in [0.3, 0.4) is 0 Å². The number of hydrogen-bond acceptors (Lipinski definition) is 7. The van der Waals surface area contributed by atoms with Crippen molar-refractivity contribution in [3.05, 3.63) is 59.6 Å². The summed E-state index contributed by atoms with van der Waals surface area (Å²) >= 11 is 7.10. The van der Waals surface area contributed by atoms with Gasteiger partial charge in [0.25, 0.3) is 0 Å². The first-order valence-electron chi connectivity index (χ1n) is 10.0. The van der Waals surface area contributed by atoms with Crippen LogP contribution in [0, 0.1) is 5.92 Å². The number of amides is 1. The predicted octanol–water partition coefficient (Wildman–Crippen LogP) is 4.66. The number of fused-ring (bicyclic) bond motifs is 1. The lowest BCUT2D eigenvalue weighted by Gasteiger charge is -2.32. The molecule has 1 atom stereocenters. The summed E-state index contributed by atoms with van der Waals surface area (Å²) < 4.78 is 8.53. The Morgan fingerprint density at radius 2 is 1.94 bits per heavy atom. The molecule has 156 valence electrons. The second-order valence-corrected chi connectivity index (χ2v) is 8.46. The van der Waals surface area contributed by atoms with E-state index in [-0.39, 0.29) is 11.8 Å². The van der Waals surface area contributed by atoms with Crippen molar-refractivity contribution < 1.29 is 4.79 Å². The number of hydrogen-bond donors (Lipinski definition) is 1. The molecule has 2 aromatic heterocycles. The Morgan fingerprint density at radius 3 is 2.74 bits per heavy atom. The van der Waals surface area contributed by atoms with Crippen LogP contribution in [-0.4, -0.2) is 37.9 Å². The molecule has 0 spiro atoms. The van der Waals surface area contributed by atoms with Gasteiger partial charge < -0.3 is 10.2 Å². The van der Waals surface area contributed by atoms with Crippen molar-refractivity contribution in [2.24, 2.45) is 5.92 Å². The lowest BCUT2D eigenvalue weighted by Crippen LogP contribution is -2.41. The topological polar surface area (TPSA) is 83.9 Å². The summed E-state index contributed by atoms with van der Waals surface area (Å²) in [6, 6.07) is 17.1. The van der Waals surface area contributed by atoms with Gasteiger partial charge >= 0.3 is 0 Å². The number of rotatable bonds is 4. The molecular formula is C22H19ClN6OS. The highest BCUT2D eigenvalue weighted by atomic mass is 35.5. The number of nitrogens with one attached hydrogen (secondary N) is 1. The van der Waals surface area contributed by atoms with Crippen LogP contribution < -0.4 is 10.2 Å². The van der Waals surface area contributed by atoms with Crippen molar-refractivity contribution in [2.75, 3.05) is 23.3 Å². The summed E-state index contributed by atoms with van der Waals surface area (Å²) in [6.45, 7) is 1.45. The summed E-state index contributed by atoms with van der Waals surface area (Å²) in [4.78, 5) is 15.1. The van der Waals surface area contributed by atoms with Crippen molar-refractivity contribution >= 4 is 51.8 Å². The van der Waals surface area contributed by atoms with E-state index in [4.69, 9.17) is 11.6 Å². The fraction of sp³-hybridized carbons (Fsp3) is 0.227. The van der Waals surface area contributed by atoms with Gasteiger partial charge in [-0.2, -0.15) is 8.75 Å². The molecule has 7 nitrogen and oxygen atoms in total. The van der Waals surface area contributed by atoms with Gasteiger partial charge in [0.2, 0.25) is 5.91 Å². The fourth-order valence-corrected chi connectivity index (χ4v) is 4.49. The molecular weight excluding hydrogens is 432 g/mol. The van der Waals surface area contributed by atoms with E-state index < -0.39 is 0 Å². The maximum absolute atomic E-state index is 12.9. The molecule has 1 fully saturated rings. The highest BCUT2D eigenvalue weighted by Crippen LogP contribution is 2.26. The fourth-order valence-electron chi connectivity index (χ4n) is 3.81. The smallest absolute Gasteiger partial charge is 0.229 e. The Morgan fingerprint density at radius 1 is 1.06 bits per heavy atom. The van der Waals surface area contributed by atoms with E-state index in [1.165, 1.54) is 0 Å². The maximum atomic E-state index is 12.9. The highest BCUT2D eigenvalue weighted by Gasteiger charge is 2.27. The van der Waals surface area contributed by atoms with Gasteiger partial charge in [0.15, 0.2) is 5.82 Å². The standard InChI is InChI=1S/C22H19ClN6OS/c23-16-8-6-14(7-9-16)17-10-11-20(26-25-17)29-12-2-3-15(13-29)22(30)24-18-4-1-5-19-21(18)28-31-27-19/h1,4-11,15H,2-3,12-13H2,(H,24,30). The van der Waals surface area contributed by atoms with Crippen LogP contribution in [0.4, 0.5) is 11.5 Å². The van der Waals surface area contributed by atoms with Gasteiger partial charge in [-0.3, -0.25) is 4.79 Å². The van der Waals surface area contributed by atoms with E-state index in [0.717, 1.165) is 59.2 Å². The number of carbonyl (C=O) groups is 1. The minimum atomic E-state index is -0.131. The molecule has 31 heavy (non-hydrogen) atoms. The van der Waals surface area contributed by atoms with Crippen LogP contribution in [-0.2, 0) is 4.79 Å². The number of aromatic nitrogens is 4. The predicted molar refractivity (Wildman–Crippen MR) is 123 cm³/mol. The Balaban J connectivity index is 1.28. The van der Waals surface area contributed by atoms with E-state index in [0.29, 0.717) is 17.3 Å². The zero-order chi connectivity index (χ0) is 21.2. The summed E-state index contributed by atoms with van der Waals surface area (Å²) in [7, 11) is 0. The van der Waals surface area contributed by atoms with Crippen LogP contribution in [0.25, 0.3) is 22.3 Å². The normalized spacial score (nSPS) is 16.4. The Bertz CT molecular complexity index is 1210. The van der Waals surface area contributed by atoms with Gasteiger partial charge in [0.1, 0.15) is 11.0 Å². The summed E-state index contributed by atoms with van der Waals surface area (Å²) in [5.41, 5.74) is 3.99. The molecule has 3 heterocycles. The third-order valence-electron chi connectivity index (χ3n) is 5.45. The molecule has 1 N–H and O–H groups in total. The zero-order valence-electron chi connectivity index (χ0n) is 16.5. The molecule has 1 amide bonds. The van der Waals surface area contributed by atoms with E-state index in [1.54, 1.807) is 0 Å². The molecule has 9 heteroatoms. The molecule has 0 bridgehead atoms. The third-order valence-corrected chi connectivity index (χ3v) is 6.25. The van der Waals surface area contributed by atoms with Gasteiger partial charge in [-0.1, -0.05) is 29.8 Å². The SMILES string of the molecule is O=C(Nc1cccc2nsnc12)C1CCCN(c2ccc(-c3ccc(Cl)cc3)nn2)C1. The van der Waals surface area contributed by atoms with Gasteiger partial charge in [0, 0.05) is 23.7 Å². The first kappa shape index (κ1) is 19.8. The van der Waals surface area contributed by atoms with Crippen molar-refractivity contribution in [2.45, 2.75) is 12.8 Å². The third kappa shape index (κ3) is 4.22. The number of carbonyl (C=O) groups excluding carboxylic acids is 1. The Hall–Kier alpha value is -3.10. The molecule has 4 aromatic rings. The van der Waals surface area contributed by atoms with E-state index >= 15 is 0 Å². The van der Waals surface area contributed by atoms with Crippen LogP contribution in [0.1, 0.15) is 12.8 Å². The number of halogens is 1. The van der Waals surface area contributed by atoms with Crippen LogP contribution in [0.5, 0.6) is 0 Å². The van der Waals surface area contributed by atoms with Crippen LogP contribution in [0.15, 0.2) is 54.6 Å². The van der Waals surface area contributed by atoms with Crippen molar-refractivity contribution in [3.63, 3.8) is 0 Å². The molecule has 0 aliphatic carbocycles. The van der Waals surface area contributed by atoms with Gasteiger partial charge in [-0.05, 0) is 49.2 Å². The zero-order valence-corrected chi connectivity index (χ0v) is 18.1. The summed E-state index contributed by atoms with van der Waals surface area (Å²) in [6.07, 6.45) is 1.76. The number of piperidine rings is 1. The van der Waals surface area contributed by atoms with Crippen molar-refractivity contribution in [1.82, 2.24) is 18.9 Å². The average Bonchev–Trinajstić information content (AvgIpc) is 3.30. The minimum Gasteiger partial charge on any atom is -0.354 e. The summed E-state index contributed by atoms with van der Waals surface area (Å²) in [5, 5.41) is 12.5. The first-order chi connectivity index (χ1) is 15.2. The molecule has 1 unspecified atom stereocenters. The maximum Gasteiger partial charge on any atom is 0.229 e. The van der Waals surface area contributed by atoms with Crippen molar-refractivity contribution in [3.8, 4) is 11.3 Å². The number of anilines is 2. The molecule has 1 saturated heterocycles. The van der Waals surface area contributed by atoms with Gasteiger partial charge in [0.05, 0.1) is 29.0 Å². The summed E-state index contributed by atoms with van der Waals surface area (Å²) in [5.74, 6) is 0.644. The molecule has 2 aromatic carbocycles. The van der Waals surface area contributed by atoms with Crippen LogP contribution in [0.2, 0.25) is 5.02 Å². The second-order valence-electron chi connectivity index (χ2n) is 7.50. The molecule has 0 saturated carbocycles. The monoisotopic (exact) mass is 450 g/mol. The lowest BCUT2D eigenvalue weighted by molar-refractivity contribution is -0.120. The second kappa shape index (κ2) is 8.56. The minimum absolute atomic E-state index is 0.00376.